The molecular weight excluding hydrogens is 479 g/mol. The first-order chi connectivity index (χ1) is 17.7. The number of imidazole rings is 1. The molecule has 0 N–H and O–H groups in total. The summed E-state index contributed by atoms with van der Waals surface area (Å²) < 4.78 is 49.4. The maximum atomic E-state index is 14.0. The Hall–Kier alpha value is -3.30. The molecule has 0 radical (unpaired) electrons. The molecule has 9 heteroatoms. The molecule has 0 bridgehead atoms. The van der Waals surface area contributed by atoms with Crippen LogP contribution in [0.1, 0.15) is 12.0 Å². The van der Waals surface area contributed by atoms with Gasteiger partial charge in [-0.25, -0.2) is 4.98 Å². The maximum absolute atomic E-state index is 14.0. The molecule has 1 saturated heterocycles. The van der Waals surface area contributed by atoms with E-state index < -0.39 is 11.7 Å². The summed E-state index contributed by atoms with van der Waals surface area (Å²) in [7, 11) is 5.96. The summed E-state index contributed by atoms with van der Waals surface area (Å²) in [5.74, 6) is -0.137. The lowest BCUT2D eigenvalue weighted by molar-refractivity contribution is -0.138. The van der Waals surface area contributed by atoms with Crippen molar-refractivity contribution in [1.29, 1.82) is 0 Å². The van der Waals surface area contributed by atoms with Gasteiger partial charge in [0.15, 0.2) is 0 Å². The Kier molecular flexibility index (Phi) is 7.00. The van der Waals surface area contributed by atoms with Crippen LogP contribution in [0.3, 0.4) is 0 Å². The number of para-hydroxylation sites is 1. The van der Waals surface area contributed by atoms with Crippen molar-refractivity contribution in [2.24, 2.45) is 0 Å². The van der Waals surface area contributed by atoms with Gasteiger partial charge in [0.25, 0.3) is 0 Å². The lowest BCUT2D eigenvalue weighted by atomic mass is 10.0. The molecule has 1 aliphatic heterocycles. The predicted octanol–water partition coefficient (Wildman–Crippen LogP) is 5.26. The van der Waals surface area contributed by atoms with Crippen LogP contribution >= 0.6 is 0 Å². The number of ether oxygens (including phenoxy) is 1. The average molecular weight is 512 g/mol. The molecule has 1 fully saturated rings. The predicted molar refractivity (Wildman–Crippen MR) is 142 cm³/mol. The van der Waals surface area contributed by atoms with E-state index in [1.54, 1.807) is 6.07 Å². The molecule has 2 aromatic carbocycles. The van der Waals surface area contributed by atoms with E-state index in [1.807, 2.05) is 53.9 Å². The fraction of sp³-hybridized carbons (Fsp3) is 0.393. The van der Waals surface area contributed by atoms with Crippen LogP contribution in [0.15, 0.2) is 54.7 Å². The Morgan fingerprint density at radius 3 is 2.46 bits per heavy atom. The molecule has 6 nitrogen and oxygen atoms in total. The normalized spacial score (nSPS) is 15.3. The fourth-order valence-electron chi connectivity index (χ4n) is 4.84. The van der Waals surface area contributed by atoms with Crippen LogP contribution in [0.2, 0.25) is 0 Å². The van der Waals surface area contributed by atoms with Gasteiger partial charge in [-0.05, 0) is 75.1 Å². The summed E-state index contributed by atoms with van der Waals surface area (Å²) in [5.41, 5.74) is 4.10. The molecule has 2 aromatic heterocycles. The highest BCUT2D eigenvalue weighted by Gasteiger charge is 2.35. The minimum atomic E-state index is -4.52. The summed E-state index contributed by atoms with van der Waals surface area (Å²) >= 11 is 0. The van der Waals surface area contributed by atoms with E-state index in [1.165, 1.54) is 12.1 Å². The SMILES string of the molecule is CN(C)CCCOc1ccc(-c2ccc3nc4cccc(N5CCN(C)CC5)c4n3c2)cc1C(F)(F)F. The van der Waals surface area contributed by atoms with E-state index in [0.29, 0.717) is 17.5 Å². The van der Waals surface area contributed by atoms with Crippen LogP contribution in [-0.2, 0) is 6.18 Å². The quantitative estimate of drug-likeness (QED) is 0.317. The number of rotatable bonds is 7. The minimum Gasteiger partial charge on any atom is -0.493 e. The van der Waals surface area contributed by atoms with Crippen molar-refractivity contribution in [2.45, 2.75) is 12.6 Å². The lowest BCUT2D eigenvalue weighted by Gasteiger charge is -2.34. The second-order valence-corrected chi connectivity index (χ2v) is 9.91. The Labute approximate surface area is 214 Å². The fourth-order valence-corrected chi connectivity index (χ4v) is 4.84. The van der Waals surface area contributed by atoms with E-state index in [2.05, 4.69) is 22.9 Å². The van der Waals surface area contributed by atoms with E-state index in [-0.39, 0.29) is 12.4 Å². The largest absolute Gasteiger partial charge is 0.493 e. The molecule has 5 rings (SSSR count). The molecule has 0 spiro atoms. The first kappa shape index (κ1) is 25.4. The van der Waals surface area contributed by atoms with Crippen molar-refractivity contribution in [2.75, 3.05) is 65.4 Å². The average Bonchev–Trinajstić information content (AvgIpc) is 3.24. The van der Waals surface area contributed by atoms with Crippen molar-refractivity contribution in [3.8, 4) is 16.9 Å². The number of benzene rings is 2. The maximum Gasteiger partial charge on any atom is 0.419 e. The van der Waals surface area contributed by atoms with E-state index in [0.717, 1.165) is 55.1 Å². The Morgan fingerprint density at radius 2 is 1.73 bits per heavy atom. The number of nitrogens with zero attached hydrogens (tertiary/aromatic N) is 5. The van der Waals surface area contributed by atoms with Gasteiger partial charge in [-0.3, -0.25) is 4.40 Å². The zero-order chi connectivity index (χ0) is 26.2. The topological polar surface area (TPSA) is 36.2 Å². The number of hydrogen-bond acceptors (Lipinski definition) is 5. The number of anilines is 1. The third-order valence-corrected chi connectivity index (χ3v) is 6.87. The van der Waals surface area contributed by atoms with E-state index in [4.69, 9.17) is 9.72 Å². The van der Waals surface area contributed by atoms with Crippen LogP contribution in [0, 0.1) is 0 Å². The number of likely N-dealkylation sites (N-methyl/N-ethyl adjacent to an activating group) is 1. The van der Waals surface area contributed by atoms with E-state index in [9.17, 15) is 13.2 Å². The van der Waals surface area contributed by atoms with Crippen molar-refractivity contribution in [1.82, 2.24) is 19.2 Å². The second kappa shape index (κ2) is 10.2. The summed E-state index contributed by atoms with van der Waals surface area (Å²) in [6, 6.07) is 14.1. The van der Waals surface area contributed by atoms with Gasteiger partial charge >= 0.3 is 6.18 Å². The highest BCUT2D eigenvalue weighted by atomic mass is 19.4. The number of halogens is 3. The van der Waals surface area contributed by atoms with Gasteiger partial charge < -0.3 is 19.4 Å². The minimum absolute atomic E-state index is 0.137. The molecule has 1 aliphatic rings. The number of hydrogen-bond donors (Lipinski definition) is 0. The Balaban J connectivity index is 1.52. The van der Waals surface area contributed by atoms with E-state index >= 15 is 0 Å². The summed E-state index contributed by atoms with van der Waals surface area (Å²) in [4.78, 5) is 11.4. The smallest absolute Gasteiger partial charge is 0.419 e. The van der Waals surface area contributed by atoms with Crippen molar-refractivity contribution < 1.29 is 17.9 Å². The molecule has 196 valence electrons. The van der Waals surface area contributed by atoms with Crippen LogP contribution in [-0.4, -0.2) is 79.7 Å². The highest BCUT2D eigenvalue weighted by Crippen LogP contribution is 2.39. The summed E-state index contributed by atoms with van der Waals surface area (Å²) in [5, 5.41) is 0. The number of alkyl halides is 3. The third-order valence-electron chi connectivity index (χ3n) is 6.87. The monoisotopic (exact) mass is 511 g/mol. The molecule has 0 unspecified atom stereocenters. The molecule has 37 heavy (non-hydrogen) atoms. The second-order valence-electron chi connectivity index (χ2n) is 9.91. The highest BCUT2D eigenvalue weighted by molar-refractivity contribution is 5.92. The van der Waals surface area contributed by atoms with Crippen molar-refractivity contribution in [3.63, 3.8) is 0 Å². The van der Waals surface area contributed by atoms with Crippen LogP contribution in [0.25, 0.3) is 27.8 Å². The Morgan fingerprint density at radius 1 is 0.973 bits per heavy atom. The lowest BCUT2D eigenvalue weighted by Crippen LogP contribution is -2.44. The van der Waals surface area contributed by atoms with Crippen molar-refractivity contribution in [3.05, 3.63) is 60.3 Å². The summed E-state index contributed by atoms with van der Waals surface area (Å²) in [6.07, 6.45) is -1.99. The van der Waals surface area contributed by atoms with Gasteiger partial charge in [0, 0.05) is 38.9 Å². The molecule has 3 heterocycles. The molecular formula is C28H32F3N5O. The van der Waals surface area contributed by atoms with Crippen LogP contribution in [0.4, 0.5) is 18.9 Å². The zero-order valence-corrected chi connectivity index (χ0v) is 21.4. The molecule has 0 aliphatic carbocycles. The Bertz CT molecular complexity index is 1390. The van der Waals surface area contributed by atoms with Crippen molar-refractivity contribution >= 4 is 22.4 Å². The number of fused-ring (bicyclic) bond motifs is 3. The first-order valence-electron chi connectivity index (χ1n) is 12.5. The zero-order valence-electron chi connectivity index (χ0n) is 21.4. The summed E-state index contributed by atoms with van der Waals surface area (Å²) in [6.45, 7) is 4.74. The standard InChI is InChI=1S/C28H32F3N5O/c1-33(2)12-5-17-37-25-10-8-20(18-22(25)28(29,30)31)21-9-11-26-32-23-6-4-7-24(27(23)36(26)19-21)35-15-13-34(3)14-16-35/h4,6-11,18-19H,5,12-17H2,1-3H3. The molecule has 0 saturated carbocycles. The van der Waals surface area contributed by atoms with Gasteiger partial charge in [0.1, 0.15) is 11.4 Å². The number of pyridine rings is 1. The van der Waals surface area contributed by atoms with Gasteiger partial charge in [-0.1, -0.05) is 12.1 Å². The number of piperazine rings is 1. The van der Waals surface area contributed by atoms with Crippen LogP contribution < -0.4 is 9.64 Å². The molecule has 4 aromatic rings. The first-order valence-corrected chi connectivity index (χ1v) is 12.5. The molecule has 0 amide bonds. The number of aromatic nitrogens is 2. The van der Waals surface area contributed by atoms with Crippen LogP contribution in [0.5, 0.6) is 5.75 Å². The van der Waals surface area contributed by atoms with Gasteiger partial charge in [0.2, 0.25) is 0 Å². The van der Waals surface area contributed by atoms with Gasteiger partial charge in [0.05, 0.1) is 28.9 Å². The van der Waals surface area contributed by atoms with Gasteiger partial charge in [-0.2, -0.15) is 13.2 Å². The molecule has 0 atom stereocenters. The third kappa shape index (κ3) is 5.38. The van der Waals surface area contributed by atoms with Gasteiger partial charge in [-0.15, -0.1) is 0 Å².